The van der Waals surface area contributed by atoms with Gasteiger partial charge in [0.1, 0.15) is 13.2 Å². The summed E-state index contributed by atoms with van der Waals surface area (Å²) in [7, 11) is 0. The molecule has 0 amide bonds. The van der Waals surface area contributed by atoms with Gasteiger partial charge in [0, 0.05) is 19.3 Å². The normalized spacial score (nSPS) is 12.6. The van der Waals surface area contributed by atoms with E-state index in [0.29, 0.717) is 19.3 Å². The molecule has 6 nitrogen and oxygen atoms in total. The number of hydrogen-bond donors (Lipinski definition) is 0. The van der Waals surface area contributed by atoms with Crippen LogP contribution in [0.15, 0.2) is 72.9 Å². The summed E-state index contributed by atoms with van der Waals surface area (Å²) in [6.45, 7) is 6.56. The molecular weight excluding hydrogens is 841 g/mol. The van der Waals surface area contributed by atoms with Crippen LogP contribution in [0.2, 0.25) is 0 Å². The van der Waals surface area contributed by atoms with Crippen LogP contribution < -0.4 is 0 Å². The van der Waals surface area contributed by atoms with Crippen molar-refractivity contribution < 1.29 is 28.6 Å². The van der Waals surface area contributed by atoms with Gasteiger partial charge in [0.25, 0.3) is 0 Å². The molecule has 0 aromatic rings. The van der Waals surface area contributed by atoms with E-state index in [0.717, 1.165) is 77.0 Å². The Morgan fingerprint density at radius 1 is 0.294 bits per heavy atom. The van der Waals surface area contributed by atoms with Crippen LogP contribution in [0.5, 0.6) is 0 Å². The number of rotatable bonds is 52. The maximum atomic E-state index is 12.9. The molecule has 0 aromatic heterocycles. The van der Waals surface area contributed by atoms with Gasteiger partial charge < -0.3 is 14.2 Å². The Hall–Kier alpha value is -3.15. The Morgan fingerprint density at radius 3 is 0.912 bits per heavy atom. The summed E-state index contributed by atoms with van der Waals surface area (Å²) in [6.07, 6.45) is 71.8. The van der Waals surface area contributed by atoms with Crippen molar-refractivity contribution in [3.05, 3.63) is 72.9 Å². The first-order valence-corrected chi connectivity index (χ1v) is 28.9. The minimum absolute atomic E-state index is 0.0934. The third kappa shape index (κ3) is 53.8. The molecule has 0 rings (SSSR count). The molecule has 0 unspecified atom stereocenters. The van der Waals surface area contributed by atoms with Crippen molar-refractivity contribution in [2.24, 2.45) is 0 Å². The van der Waals surface area contributed by atoms with E-state index in [4.69, 9.17) is 14.2 Å². The summed E-state index contributed by atoms with van der Waals surface area (Å²) in [5, 5.41) is 0. The van der Waals surface area contributed by atoms with Crippen molar-refractivity contribution in [3.8, 4) is 0 Å². The SMILES string of the molecule is CCCCC/C=C/C/C=C/C/C=C/C/C=C/CCCC(=O)OC[C@@H](COC(=O)CCCCCCCCCCCCCCCCCC)OC(=O)CCCCCCCCC/C=C/C/C=C/CCCCC. The lowest BCUT2D eigenvalue weighted by atomic mass is 10.0. The molecule has 0 saturated carbocycles. The van der Waals surface area contributed by atoms with Gasteiger partial charge in [-0.25, -0.2) is 0 Å². The molecule has 0 bridgehead atoms. The van der Waals surface area contributed by atoms with Crippen LogP contribution in [0, 0.1) is 0 Å². The zero-order chi connectivity index (χ0) is 49.3. The standard InChI is InChI=1S/C62H108O6/c1-4-7-10-13-16-19-22-25-28-31-34-37-40-43-46-49-52-55-61(64)67-58-59(57-66-60(63)54-51-48-45-42-39-36-33-30-27-24-21-18-15-12-9-6-3)68-62(65)56-53-50-47-44-41-38-35-32-29-26-23-20-17-14-11-8-5-2/h16-17,19-20,25-26,28-29,34,37,43,46,59H,4-15,18,21-24,27,30-33,35-36,38-42,44-45,47-58H2,1-3H3/b19-16+,20-17+,28-25+,29-26+,37-34+,46-43+/t59-/m1/s1. The second-order valence-corrected chi connectivity index (χ2v) is 19.2. The third-order valence-corrected chi connectivity index (χ3v) is 12.4. The largest absolute Gasteiger partial charge is 0.462 e. The fourth-order valence-corrected chi connectivity index (χ4v) is 8.05. The Bertz CT molecular complexity index is 1270. The van der Waals surface area contributed by atoms with Gasteiger partial charge in [-0.15, -0.1) is 0 Å². The van der Waals surface area contributed by atoms with Gasteiger partial charge in [-0.1, -0.05) is 248 Å². The molecule has 6 heteroatoms. The summed E-state index contributed by atoms with van der Waals surface area (Å²) in [5.74, 6) is -0.950. The van der Waals surface area contributed by atoms with Crippen molar-refractivity contribution in [2.45, 2.75) is 290 Å². The van der Waals surface area contributed by atoms with Gasteiger partial charge in [0.05, 0.1) is 0 Å². The number of hydrogen-bond acceptors (Lipinski definition) is 6. The van der Waals surface area contributed by atoms with E-state index in [1.807, 2.05) is 0 Å². The highest BCUT2D eigenvalue weighted by Gasteiger charge is 2.19. The van der Waals surface area contributed by atoms with E-state index in [2.05, 4.69) is 93.7 Å². The van der Waals surface area contributed by atoms with E-state index in [9.17, 15) is 14.4 Å². The number of esters is 3. The van der Waals surface area contributed by atoms with Crippen molar-refractivity contribution >= 4 is 17.9 Å². The van der Waals surface area contributed by atoms with Crippen LogP contribution in [0.1, 0.15) is 284 Å². The van der Waals surface area contributed by atoms with Crippen molar-refractivity contribution in [1.29, 1.82) is 0 Å². The zero-order valence-corrected chi connectivity index (χ0v) is 44.9. The maximum Gasteiger partial charge on any atom is 0.306 e. The Kier molecular flexibility index (Phi) is 53.8. The van der Waals surface area contributed by atoms with E-state index < -0.39 is 6.10 Å². The highest BCUT2D eigenvalue weighted by atomic mass is 16.6. The Balaban J connectivity index is 4.46. The van der Waals surface area contributed by atoms with E-state index in [-0.39, 0.29) is 37.5 Å². The van der Waals surface area contributed by atoms with Crippen LogP contribution in [-0.2, 0) is 28.6 Å². The molecular formula is C62H108O6. The zero-order valence-electron chi connectivity index (χ0n) is 44.9. The number of carbonyl (C=O) groups is 3. The lowest BCUT2D eigenvalue weighted by Crippen LogP contribution is -2.30. The van der Waals surface area contributed by atoms with Crippen LogP contribution in [-0.4, -0.2) is 37.2 Å². The predicted octanol–water partition coefficient (Wildman–Crippen LogP) is 19.4. The highest BCUT2D eigenvalue weighted by molar-refractivity contribution is 5.71. The lowest BCUT2D eigenvalue weighted by molar-refractivity contribution is -0.167. The molecule has 68 heavy (non-hydrogen) atoms. The molecule has 0 spiro atoms. The molecule has 0 aliphatic heterocycles. The molecule has 0 fully saturated rings. The van der Waals surface area contributed by atoms with E-state index in [1.165, 1.54) is 161 Å². The quantitative estimate of drug-likeness (QED) is 0.0262. The molecule has 0 aliphatic rings. The first-order chi connectivity index (χ1) is 33.5. The minimum atomic E-state index is -0.800. The Morgan fingerprint density at radius 2 is 0.544 bits per heavy atom. The second-order valence-electron chi connectivity index (χ2n) is 19.2. The second kappa shape index (κ2) is 56.4. The number of ether oxygens (including phenoxy) is 3. The van der Waals surface area contributed by atoms with Gasteiger partial charge >= 0.3 is 17.9 Å². The average Bonchev–Trinajstić information content (AvgIpc) is 3.34. The molecule has 0 radical (unpaired) electrons. The summed E-state index contributed by atoms with van der Waals surface area (Å²) in [5.41, 5.74) is 0. The maximum absolute atomic E-state index is 12.9. The molecule has 1 atom stereocenters. The smallest absolute Gasteiger partial charge is 0.306 e. The fourth-order valence-electron chi connectivity index (χ4n) is 8.05. The predicted molar refractivity (Wildman–Crippen MR) is 293 cm³/mol. The summed E-state index contributed by atoms with van der Waals surface area (Å²) in [4.78, 5) is 38.1. The van der Waals surface area contributed by atoms with Crippen molar-refractivity contribution in [1.82, 2.24) is 0 Å². The monoisotopic (exact) mass is 949 g/mol. The average molecular weight is 950 g/mol. The van der Waals surface area contributed by atoms with Crippen molar-refractivity contribution in [2.75, 3.05) is 13.2 Å². The molecule has 0 N–H and O–H groups in total. The number of carbonyl (C=O) groups excluding carboxylic acids is 3. The molecule has 0 heterocycles. The summed E-state index contributed by atoms with van der Waals surface area (Å²) < 4.78 is 16.8. The van der Waals surface area contributed by atoms with E-state index in [1.54, 1.807) is 0 Å². The number of allylic oxidation sites excluding steroid dienone is 12. The molecule has 0 saturated heterocycles. The first kappa shape index (κ1) is 64.8. The lowest BCUT2D eigenvalue weighted by Gasteiger charge is -2.18. The van der Waals surface area contributed by atoms with Gasteiger partial charge in [0.2, 0.25) is 0 Å². The highest BCUT2D eigenvalue weighted by Crippen LogP contribution is 2.16. The molecule has 0 aromatic carbocycles. The van der Waals surface area contributed by atoms with Crippen molar-refractivity contribution in [3.63, 3.8) is 0 Å². The fraction of sp³-hybridized carbons (Fsp3) is 0.758. The van der Waals surface area contributed by atoms with Gasteiger partial charge in [0.15, 0.2) is 6.10 Å². The first-order valence-electron chi connectivity index (χ1n) is 28.9. The topological polar surface area (TPSA) is 78.9 Å². The Labute approximate surface area is 421 Å². The number of unbranched alkanes of at least 4 members (excludes halogenated alkanes) is 29. The third-order valence-electron chi connectivity index (χ3n) is 12.4. The van der Waals surface area contributed by atoms with Crippen LogP contribution in [0.25, 0.3) is 0 Å². The summed E-state index contributed by atoms with van der Waals surface area (Å²) >= 11 is 0. The van der Waals surface area contributed by atoms with Crippen LogP contribution in [0.3, 0.4) is 0 Å². The van der Waals surface area contributed by atoms with Crippen LogP contribution >= 0.6 is 0 Å². The van der Waals surface area contributed by atoms with Gasteiger partial charge in [-0.05, 0) is 89.9 Å². The molecule has 0 aliphatic carbocycles. The van der Waals surface area contributed by atoms with Gasteiger partial charge in [-0.2, -0.15) is 0 Å². The summed E-state index contributed by atoms with van der Waals surface area (Å²) in [6, 6.07) is 0. The minimum Gasteiger partial charge on any atom is -0.462 e. The van der Waals surface area contributed by atoms with Crippen LogP contribution in [0.4, 0.5) is 0 Å². The molecule has 392 valence electrons. The van der Waals surface area contributed by atoms with E-state index >= 15 is 0 Å². The van der Waals surface area contributed by atoms with Gasteiger partial charge in [-0.3, -0.25) is 14.4 Å².